The second kappa shape index (κ2) is 5.81. The van der Waals surface area contributed by atoms with Gasteiger partial charge >= 0.3 is 0 Å². The Bertz CT molecular complexity index is 269. The van der Waals surface area contributed by atoms with Crippen molar-refractivity contribution in [1.82, 2.24) is 0 Å². The van der Waals surface area contributed by atoms with Crippen molar-refractivity contribution >= 4 is 10.8 Å². The summed E-state index contributed by atoms with van der Waals surface area (Å²) in [5.41, 5.74) is 5.81. The predicted molar refractivity (Wildman–Crippen MR) is 71.4 cm³/mol. The number of hydrogen-bond acceptors (Lipinski definition) is 3. The zero-order valence-electron chi connectivity index (χ0n) is 10.8. The van der Waals surface area contributed by atoms with Gasteiger partial charge in [-0.05, 0) is 32.6 Å². The van der Waals surface area contributed by atoms with E-state index in [-0.39, 0.29) is 11.6 Å². The van der Waals surface area contributed by atoms with Crippen LogP contribution in [0.15, 0.2) is 0 Å². The predicted octanol–water partition coefficient (Wildman–Crippen LogP) is 1.96. The standard InChI is InChI=1S/C13H25NO2S/c1-11(14)10-17(15)12-5-8-16-13(9-12)6-3-2-4-7-13/h11-12H,2-10,14H2,1H3. The molecule has 1 heterocycles. The molecule has 2 N–H and O–H groups in total. The fraction of sp³-hybridized carbons (Fsp3) is 1.00. The van der Waals surface area contributed by atoms with Crippen LogP contribution in [0.2, 0.25) is 0 Å². The average Bonchev–Trinajstić information content (AvgIpc) is 2.29. The maximum Gasteiger partial charge on any atom is 0.0694 e. The quantitative estimate of drug-likeness (QED) is 0.843. The average molecular weight is 259 g/mol. The molecule has 100 valence electrons. The summed E-state index contributed by atoms with van der Waals surface area (Å²) in [4.78, 5) is 0. The maximum atomic E-state index is 12.2. The second-order valence-corrected chi connectivity index (χ2v) is 7.49. The van der Waals surface area contributed by atoms with E-state index in [1.54, 1.807) is 0 Å². The summed E-state index contributed by atoms with van der Waals surface area (Å²) in [5.74, 6) is 0.640. The number of rotatable bonds is 3. The Morgan fingerprint density at radius 2 is 2.12 bits per heavy atom. The van der Waals surface area contributed by atoms with Gasteiger partial charge in [0.05, 0.1) is 5.60 Å². The second-order valence-electron chi connectivity index (χ2n) is 5.73. The van der Waals surface area contributed by atoms with Crippen LogP contribution in [0.3, 0.4) is 0 Å². The first-order valence-electron chi connectivity index (χ1n) is 6.88. The molecule has 2 rings (SSSR count). The molecule has 4 heteroatoms. The Balaban J connectivity index is 1.94. The van der Waals surface area contributed by atoms with Crippen LogP contribution < -0.4 is 5.73 Å². The Morgan fingerprint density at radius 3 is 2.76 bits per heavy atom. The van der Waals surface area contributed by atoms with E-state index in [0.717, 1.165) is 19.4 Å². The van der Waals surface area contributed by atoms with Gasteiger partial charge in [-0.3, -0.25) is 4.21 Å². The molecule has 3 nitrogen and oxygen atoms in total. The Kier molecular flexibility index (Phi) is 4.61. The minimum atomic E-state index is -0.769. The highest BCUT2D eigenvalue weighted by atomic mass is 32.2. The Labute approximate surface area is 107 Å². The van der Waals surface area contributed by atoms with Crippen molar-refractivity contribution in [2.45, 2.75) is 68.8 Å². The third kappa shape index (κ3) is 3.52. The maximum absolute atomic E-state index is 12.2. The van der Waals surface area contributed by atoms with Gasteiger partial charge in [0.1, 0.15) is 0 Å². The molecule has 2 fully saturated rings. The fourth-order valence-corrected chi connectivity index (χ4v) is 4.79. The van der Waals surface area contributed by atoms with E-state index in [2.05, 4.69) is 0 Å². The molecule has 0 aromatic carbocycles. The molecule has 17 heavy (non-hydrogen) atoms. The van der Waals surface area contributed by atoms with Crippen molar-refractivity contribution in [3.8, 4) is 0 Å². The van der Waals surface area contributed by atoms with Crippen molar-refractivity contribution in [2.24, 2.45) is 5.73 Å². The monoisotopic (exact) mass is 259 g/mol. The molecular weight excluding hydrogens is 234 g/mol. The van der Waals surface area contributed by atoms with Crippen molar-refractivity contribution in [3.05, 3.63) is 0 Å². The topological polar surface area (TPSA) is 52.3 Å². The van der Waals surface area contributed by atoms with E-state index >= 15 is 0 Å². The first kappa shape index (κ1) is 13.5. The number of ether oxygens (including phenoxy) is 1. The van der Waals surface area contributed by atoms with Crippen LogP contribution in [0.5, 0.6) is 0 Å². The summed E-state index contributed by atoms with van der Waals surface area (Å²) in [6, 6.07) is 0.0426. The van der Waals surface area contributed by atoms with E-state index in [1.165, 1.54) is 32.1 Å². The normalized spacial score (nSPS) is 32.2. The highest BCUT2D eigenvalue weighted by Gasteiger charge is 2.40. The lowest BCUT2D eigenvalue weighted by molar-refractivity contribution is -0.0975. The Morgan fingerprint density at radius 1 is 1.41 bits per heavy atom. The van der Waals surface area contributed by atoms with Crippen molar-refractivity contribution in [1.29, 1.82) is 0 Å². The van der Waals surface area contributed by atoms with Gasteiger partial charge in [-0.1, -0.05) is 19.3 Å². The zero-order chi connectivity index (χ0) is 12.3. The van der Waals surface area contributed by atoms with Gasteiger partial charge in [-0.2, -0.15) is 0 Å². The van der Waals surface area contributed by atoms with Crippen LogP contribution in [0.1, 0.15) is 51.9 Å². The van der Waals surface area contributed by atoms with E-state index < -0.39 is 10.8 Å². The number of nitrogens with two attached hydrogens (primary N) is 1. The van der Waals surface area contributed by atoms with Crippen LogP contribution in [0.4, 0.5) is 0 Å². The first-order chi connectivity index (χ1) is 8.11. The summed E-state index contributed by atoms with van der Waals surface area (Å²) in [6.45, 7) is 2.73. The molecular formula is C13H25NO2S. The lowest BCUT2D eigenvalue weighted by atomic mass is 9.80. The smallest absolute Gasteiger partial charge is 0.0694 e. The van der Waals surface area contributed by atoms with Crippen molar-refractivity contribution in [2.75, 3.05) is 12.4 Å². The first-order valence-corrected chi connectivity index (χ1v) is 8.26. The SMILES string of the molecule is CC(N)CS(=O)C1CCOC2(CCCCC2)C1. The van der Waals surface area contributed by atoms with Crippen LogP contribution in [0.25, 0.3) is 0 Å². The minimum absolute atomic E-state index is 0.0426. The summed E-state index contributed by atoms with van der Waals surface area (Å²) >= 11 is 0. The molecule has 1 aliphatic carbocycles. The van der Waals surface area contributed by atoms with Crippen LogP contribution >= 0.6 is 0 Å². The van der Waals surface area contributed by atoms with Gasteiger partial charge in [0.2, 0.25) is 0 Å². The van der Waals surface area contributed by atoms with Gasteiger partial charge in [0.15, 0.2) is 0 Å². The molecule has 0 bridgehead atoms. The lowest BCUT2D eigenvalue weighted by Crippen LogP contribution is -2.45. The van der Waals surface area contributed by atoms with Crippen molar-refractivity contribution in [3.63, 3.8) is 0 Å². The molecule has 0 amide bonds. The molecule has 1 aliphatic heterocycles. The van der Waals surface area contributed by atoms with Gasteiger partial charge < -0.3 is 10.5 Å². The summed E-state index contributed by atoms with van der Waals surface area (Å²) in [6.07, 6.45) is 8.14. The molecule has 0 aromatic rings. The molecule has 1 saturated carbocycles. The third-order valence-corrected chi connectivity index (χ3v) is 6.01. The highest BCUT2D eigenvalue weighted by molar-refractivity contribution is 7.85. The molecule has 2 aliphatic rings. The van der Waals surface area contributed by atoms with Crippen LogP contribution in [0, 0.1) is 0 Å². The van der Waals surface area contributed by atoms with E-state index in [9.17, 15) is 4.21 Å². The molecule has 3 atom stereocenters. The Hall–Kier alpha value is 0.0700. The molecule has 1 saturated heterocycles. The lowest BCUT2D eigenvalue weighted by Gasteiger charge is -2.43. The van der Waals surface area contributed by atoms with Gasteiger partial charge in [-0.25, -0.2) is 0 Å². The van der Waals surface area contributed by atoms with Gasteiger partial charge in [0, 0.05) is 34.5 Å². The van der Waals surface area contributed by atoms with Gasteiger partial charge in [0.25, 0.3) is 0 Å². The van der Waals surface area contributed by atoms with Gasteiger partial charge in [-0.15, -0.1) is 0 Å². The molecule has 3 unspecified atom stereocenters. The summed E-state index contributed by atoms with van der Waals surface area (Å²) in [7, 11) is -0.769. The summed E-state index contributed by atoms with van der Waals surface area (Å²) < 4.78 is 18.2. The fourth-order valence-electron chi connectivity index (χ4n) is 3.15. The molecule has 0 radical (unpaired) electrons. The highest BCUT2D eigenvalue weighted by Crippen LogP contribution is 2.39. The van der Waals surface area contributed by atoms with E-state index in [4.69, 9.17) is 10.5 Å². The van der Waals surface area contributed by atoms with Crippen LogP contribution in [-0.4, -0.2) is 33.5 Å². The van der Waals surface area contributed by atoms with E-state index in [0.29, 0.717) is 11.0 Å². The van der Waals surface area contributed by atoms with E-state index in [1.807, 2.05) is 6.92 Å². The van der Waals surface area contributed by atoms with Crippen LogP contribution in [-0.2, 0) is 15.5 Å². The third-order valence-electron chi connectivity index (χ3n) is 4.01. The molecule has 1 spiro atoms. The number of hydrogen-bond donors (Lipinski definition) is 1. The molecule has 0 aromatic heterocycles. The largest absolute Gasteiger partial charge is 0.375 e. The minimum Gasteiger partial charge on any atom is -0.375 e. The van der Waals surface area contributed by atoms with Crippen molar-refractivity contribution < 1.29 is 8.95 Å². The summed E-state index contributed by atoms with van der Waals surface area (Å²) in [5, 5.41) is 0.313. The zero-order valence-corrected chi connectivity index (χ0v) is 11.6.